The van der Waals surface area contributed by atoms with Crippen molar-refractivity contribution < 1.29 is 4.79 Å². The SMILES string of the molecule is Cc1cc(Cl)cc(C(=O)NCC2CCCC2CBr)c1. The Kier molecular flexibility index (Phi) is 5.28. The number of benzene rings is 1. The molecule has 2 rings (SSSR count). The molecule has 1 aliphatic carbocycles. The van der Waals surface area contributed by atoms with Gasteiger partial charge in [-0.25, -0.2) is 0 Å². The molecule has 19 heavy (non-hydrogen) atoms. The maximum atomic E-state index is 12.1. The lowest BCUT2D eigenvalue weighted by molar-refractivity contribution is 0.0944. The molecule has 0 spiro atoms. The Balaban J connectivity index is 1.94. The molecule has 1 fully saturated rings. The summed E-state index contributed by atoms with van der Waals surface area (Å²) in [6, 6.07) is 5.45. The van der Waals surface area contributed by atoms with E-state index in [0.29, 0.717) is 22.4 Å². The molecule has 0 aliphatic heterocycles. The van der Waals surface area contributed by atoms with Crippen LogP contribution < -0.4 is 5.32 Å². The summed E-state index contributed by atoms with van der Waals surface area (Å²) in [5, 5.41) is 4.69. The van der Waals surface area contributed by atoms with Crippen LogP contribution in [0.4, 0.5) is 0 Å². The van der Waals surface area contributed by atoms with E-state index in [1.807, 2.05) is 19.1 Å². The van der Waals surface area contributed by atoms with Crippen molar-refractivity contribution in [3.63, 3.8) is 0 Å². The molecular formula is C15H19BrClNO. The molecule has 0 heterocycles. The van der Waals surface area contributed by atoms with Crippen molar-refractivity contribution in [3.8, 4) is 0 Å². The van der Waals surface area contributed by atoms with Crippen LogP contribution in [0.1, 0.15) is 35.2 Å². The normalized spacial score (nSPS) is 22.5. The van der Waals surface area contributed by atoms with Crippen LogP contribution in [0.5, 0.6) is 0 Å². The molecule has 1 amide bonds. The quantitative estimate of drug-likeness (QED) is 0.815. The van der Waals surface area contributed by atoms with Gasteiger partial charge in [0.2, 0.25) is 0 Å². The molecule has 0 bridgehead atoms. The fourth-order valence-electron chi connectivity index (χ4n) is 2.78. The van der Waals surface area contributed by atoms with Gasteiger partial charge in [-0.2, -0.15) is 0 Å². The minimum absolute atomic E-state index is 0.0224. The lowest BCUT2D eigenvalue weighted by Gasteiger charge is -2.17. The zero-order chi connectivity index (χ0) is 13.8. The number of aryl methyl sites for hydroxylation is 1. The zero-order valence-corrected chi connectivity index (χ0v) is 13.4. The van der Waals surface area contributed by atoms with Crippen LogP contribution in [0.15, 0.2) is 18.2 Å². The standard InChI is InChI=1S/C15H19BrClNO/c1-10-5-13(7-14(17)6-10)15(19)18-9-12-4-2-3-11(12)8-16/h5-7,11-12H,2-4,8-9H2,1H3,(H,18,19). The number of rotatable bonds is 4. The Morgan fingerprint density at radius 2 is 2.11 bits per heavy atom. The molecule has 2 nitrogen and oxygen atoms in total. The molecule has 1 aliphatic rings. The molecular weight excluding hydrogens is 326 g/mol. The molecule has 1 N–H and O–H groups in total. The van der Waals surface area contributed by atoms with Crippen LogP contribution in [-0.2, 0) is 0 Å². The number of alkyl halides is 1. The van der Waals surface area contributed by atoms with Crippen LogP contribution in [0.2, 0.25) is 5.02 Å². The predicted molar refractivity (Wildman–Crippen MR) is 83.1 cm³/mol. The van der Waals surface area contributed by atoms with Crippen LogP contribution >= 0.6 is 27.5 Å². The average Bonchev–Trinajstić information content (AvgIpc) is 2.82. The Morgan fingerprint density at radius 1 is 1.37 bits per heavy atom. The summed E-state index contributed by atoms with van der Waals surface area (Å²) in [5.74, 6) is 1.27. The van der Waals surface area contributed by atoms with Gasteiger partial charge in [-0.15, -0.1) is 0 Å². The second-order valence-corrected chi connectivity index (χ2v) is 6.42. The van der Waals surface area contributed by atoms with E-state index in [9.17, 15) is 4.79 Å². The van der Waals surface area contributed by atoms with Gasteiger partial charge in [0, 0.05) is 22.5 Å². The summed E-state index contributed by atoms with van der Waals surface area (Å²) in [7, 11) is 0. The Morgan fingerprint density at radius 3 is 2.79 bits per heavy atom. The van der Waals surface area contributed by atoms with Gasteiger partial charge < -0.3 is 5.32 Å². The number of carbonyl (C=O) groups is 1. The minimum atomic E-state index is -0.0224. The fourth-order valence-corrected chi connectivity index (χ4v) is 3.92. The highest BCUT2D eigenvalue weighted by atomic mass is 79.9. The van der Waals surface area contributed by atoms with Crippen LogP contribution in [0.3, 0.4) is 0 Å². The topological polar surface area (TPSA) is 29.1 Å². The van der Waals surface area contributed by atoms with E-state index in [-0.39, 0.29) is 5.91 Å². The highest BCUT2D eigenvalue weighted by molar-refractivity contribution is 9.09. The third-order valence-electron chi connectivity index (χ3n) is 3.84. The first-order chi connectivity index (χ1) is 9.10. The van der Waals surface area contributed by atoms with E-state index in [0.717, 1.165) is 17.4 Å². The second kappa shape index (κ2) is 6.76. The number of nitrogens with one attached hydrogen (secondary N) is 1. The van der Waals surface area contributed by atoms with Gasteiger partial charge in [-0.3, -0.25) is 4.79 Å². The van der Waals surface area contributed by atoms with Gasteiger partial charge in [0.25, 0.3) is 5.91 Å². The highest BCUT2D eigenvalue weighted by Crippen LogP contribution is 2.32. The number of amides is 1. The fraction of sp³-hybridized carbons (Fsp3) is 0.533. The first-order valence-electron chi connectivity index (χ1n) is 6.71. The molecule has 0 aromatic heterocycles. The van der Waals surface area contributed by atoms with Crippen LogP contribution in [-0.4, -0.2) is 17.8 Å². The van der Waals surface area contributed by atoms with E-state index >= 15 is 0 Å². The summed E-state index contributed by atoms with van der Waals surface area (Å²) in [5.41, 5.74) is 1.66. The first-order valence-corrected chi connectivity index (χ1v) is 8.21. The maximum Gasteiger partial charge on any atom is 0.251 e. The van der Waals surface area contributed by atoms with Crippen LogP contribution in [0.25, 0.3) is 0 Å². The van der Waals surface area contributed by atoms with E-state index in [4.69, 9.17) is 11.6 Å². The van der Waals surface area contributed by atoms with Crippen molar-refractivity contribution in [1.82, 2.24) is 5.32 Å². The van der Waals surface area contributed by atoms with Crippen molar-refractivity contribution >= 4 is 33.4 Å². The smallest absolute Gasteiger partial charge is 0.251 e. The summed E-state index contributed by atoms with van der Waals surface area (Å²) in [6.07, 6.45) is 3.75. The summed E-state index contributed by atoms with van der Waals surface area (Å²) >= 11 is 9.54. The second-order valence-electron chi connectivity index (χ2n) is 5.33. The third-order valence-corrected chi connectivity index (χ3v) is 4.89. The molecule has 2 unspecified atom stereocenters. The summed E-state index contributed by atoms with van der Waals surface area (Å²) in [4.78, 5) is 12.1. The highest BCUT2D eigenvalue weighted by Gasteiger charge is 2.26. The summed E-state index contributed by atoms with van der Waals surface area (Å²) in [6.45, 7) is 2.71. The maximum absolute atomic E-state index is 12.1. The number of carbonyl (C=O) groups excluding carboxylic acids is 1. The lowest BCUT2D eigenvalue weighted by atomic mass is 9.98. The molecule has 1 saturated carbocycles. The predicted octanol–water partition coefficient (Wildman–Crippen LogP) is 4.19. The molecule has 1 aromatic carbocycles. The zero-order valence-electron chi connectivity index (χ0n) is 11.1. The first kappa shape index (κ1) is 14.9. The van der Waals surface area contributed by atoms with E-state index in [1.54, 1.807) is 6.07 Å². The molecule has 4 heteroatoms. The number of halogens is 2. The summed E-state index contributed by atoms with van der Waals surface area (Å²) < 4.78 is 0. The molecule has 0 saturated heterocycles. The van der Waals surface area contributed by atoms with Crippen molar-refractivity contribution in [2.45, 2.75) is 26.2 Å². The Hall–Kier alpha value is -0.540. The van der Waals surface area contributed by atoms with Gasteiger partial charge >= 0.3 is 0 Å². The van der Waals surface area contributed by atoms with Gasteiger partial charge in [-0.1, -0.05) is 34.0 Å². The van der Waals surface area contributed by atoms with Gasteiger partial charge in [0.15, 0.2) is 0 Å². The minimum Gasteiger partial charge on any atom is -0.352 e. The monoisotopic (exact) mass is 343 g/mol. The van der Waals surface area contributed by atoms with Crippen molar-refractivity contribution in [2.75, 3.05) is 11.9 Å². The van der Waals surface area contributed by atoms with Gasteiger partial charge in [-0.05, 0) is 55.4 Å². The van der Waals surface area contributed by atoms with Gasteiger partial charge in [0.05, 0.1) is 0 Å². The number of hydrogen-bond donors (Lipinski definition) is 1. The van der Waals surface area contributed by atoms with E-state index in [2.05, 4.69) is 21.2 Å². The molecule has 0 radical (unpaired) electrons. The molecule has 2 atom stereocenters. The van der Waals surface area contributed by atoms with E-state index in [1.165, 1.54) is 19.3 Å². The largest absolute Gasteiger partial charge is 0.352 e. The van der Waals surface area contributed by atoms with Crippen molar-refractivity contribution in [2.24, 2.45) is 11.8 Å². The van der Waals surface area contributed by atoms with E-state index < -0.39 is 0 Å². The third kappa shape index (κ3) is 3.96. The van der Waals surface area contributed by atoms with Crippen molar-refractivity contribution in [1.29, 1.82) is 0 Å². The van der Waals surface area contributed by atoms with Crippen LogP contribution in [0, 0.1) is 18.8 Å². The lowest BCUT2D eigenvalue weighted by Crippen LogP contribution is -2.31. The molecule has 1 aromatic rings. The Bertz CT molecular complexity index is 443. The number of hydrogen-bond acceptors (Lipinski definition) is 1. The van der Waals surface area contributed by atoms with Gasteiger partial charge in [0.1, 0.15) is 0 Å². The Labute approximate surface area is 128 Å². The average molecular weight is 345 g/mol. The molecule has 104 valence electrons. The van der Waals surface area contributed by atoms with Crippen molar-refractivity contribution in [3.05, 3.63) is 34.3 Å².